The predicted molar refractivity (Wildman–Crippen MR) is 204 cm³/mol. The fourth-order valence-corrected chi connectivity index (χ4v) is 6.91. The normalized spacial score (nSPS) is 11.2. The Morgan fingerprint density at radius 3 is 2.22 bits per heavy atom. The monoisotopic (exact) mass is 791 g/mol. The van der Waals surface area contributed by atoms with Gasteiger partial charge in [0.15, 0.2) is 5.82 Å². The number of aromatic nitrogens is 4. The third-order valence-corrected chi connectivity index (χ3v) is 10.4. The molecule has 15 nitrogen and oxygen atoms in total. The number of amides is 1. The van der Waals surface area contributed by atoms with Crippen LogP contribution in [-0.4, -0.2) is 55.7 Å². The lowest BCUT2D eigenvalue weighted by Gasteiger charge is -2.13. The smallest absolute Gasteiger partial charge is 0.414 e. The van der Waals surface area contributed by atoms with Gasteiger partial charge in [-0.05, 0) is 59.7 Å². The van der Waals surface area contributed by atoms with E-state index >= 15 is 0 Å². The van der Waals surface area contributed by atoms with Crippen LogP contribution in [0.1, 0.15) is 67.3 Å². The molecule has 0 saturated carbocycles. The lowest BCUT2D eigenvalue weighted by atomic mass is 10.1. The number of esters is 1. The summed E-state index contributed by atoms with van der Waals surface area (Å²) < 4.78 is 41.1. The van der Waals surface area contributed by atoms with Crippen LogP contribution in [-0.2, 0) is 25.8 Å². The maximum Gasteiger partial charge on any atom is 0.414 e. The Bertz CT molecular complexity index is 2130. The number of benzene rings is 3. The number of hydrogen-bond acceptors (Lipinski definition) is 13. The summed E-state index contributed by atoms with van der Waals surface area (Å²) in [4.78, 5) is 33.2. The van der Waals surface area contributed by atoms with Gasteiger partial charge in [0.2, 0.25) is 5.95 Å². The molecule has 3 aromatic carbocycles. The average Bonchev–Trinajstić information content (AvgIpc) is 3.58. The minimum Gasteiger partial charge on any atom is -0.465 e. The van der Waals surface area contributed by atoms with Crippen LogP contribution in [0.2, 0.25) is 5.02 Å². The molecule has 0 radical (unpaired) electrons. The molecular formula is C38H42ClN7O8S. The summed E-state index contributed by atoms with van der Waals surface area (Å²) in [6.45, 7) is 0.563. The summed E-state index contributed by atoms with van der Waals surface area (Å²) in [7, 11) is -2.58. The lowest BCUT2D eigenvalue weighted by molar-refractivity contribution is -0.832. The van der Waals surface area contributed by atoms with Crippen molar-refractivity contribution in [3.05, 3.63) is 106 Å². The minimum atomic E-state index is -4.14. The number of nitrogens with zero attached hydrogens (tertiary/aromatic N) is 4. The number of para-hydroxylation sites is 1. The number of hydrogen-bond donors (Lipinski definition) is 3. The van der Waals surface area contributed by atoms with Crippen molar-refractivity contribution in [3.63, 3.8) is 0 Å². The second kappa shape index (κ2) is 20.1. The summed E-state index contributed by atoms with van der Waals surface area (Å²) in [6.07, 6.45) is 8.93. The fourth-order valence-electron chi connectivity index (χ4n) is 5.48. The SMILES string of the molecule is CNC(=O)c1ccccc1Nc1nc(Nc2ccc(CC(=O)OCCCCCCCCCCOc3no[n+]([O-])c3S(=O)(=O)c3ccccc3)cc2)ncc1Cl. The van der Waals surface area contributed by atoms with Gasteiger partial charge in [-0.1, -0.05) is 92.6 Å². The summed E-state index contributed by atoms with van der Waals surface area (Å²) in [6, 6.07) is 21.9. The number of unbranched alkanes of at least 4 members (excludes halogenated alkanes) is 7. The minimum absolute atomic E-state index is 0.0524. The van der Waals surface area contributed by atoms with Crippen LogP contribution in [0.3, 0.4) is 0 Å². The molecule has 0 atom stereocenters. The van der Waals surface area contributed by atoms with Crippen molar-refractivity contribution in [2.45, 2.75) is 67.7 Å². The van der Waals surface area contributed by atoms with Crippen LogP contribution in [0.4, 0.5) is 23.1 Å². The van der Waals surface area contributed by atoms with Crippen LogP contribution < -0.4 is 25.6 Å². The van der Waals surface area contributed by atoms with Crippen molar-refractivity contribution in [1.82, 2.24) is 20.4 Å². The average molecular weight is 792 g/mol. The Kier molecular flexibility index (Phi) is 14.8. The molecule has 2 heterocycles. The van der Waals surface area contributed by atoms with Crippen molar-refractivity contribution in [3.8, 4) is 5.88 Å². The van der Waals surface area contributed by atoms with Crippen LogP contribution in [0.25, 0.3) is 0 Å². The number of sulfone groups is 1. The molecule has 0 spiro atoms. The summed E-state index contributed by atoms with van der Waals surface area (Å²) in [5.74, 6) is -0.265. The summed E-state index contributed by atoms with van der Waals surface area (Å²) in [5, 5.41) is 23.9. The summed E-state index contributed by atoms with van der Waals surface area (Å²) >= 11 is 6.33. The van der Waals surface area contributed by atoms with Crippen molar-refractivity contribution >= 4 is 56.5 Å². The molecule has 2 aromatic heterocycles. The Hall–Kier alpha value is -5.74. The Labute approximate surface area is 323 Å². The molecule has 3 N–H and O–H groups in total. The lowest BCUT2D eigenvalue weighted by Crippen LogP contribution is -2.30. The molecule has 5 aromatic rings. The Morgan fingerprint density at radius 1 is 0.855 bits per heavy atom. The van der Waals surface area contributed by atoms with E-state index in [-0.39, 0.29) is 45.6 Å². The van der Waals surface area contributed by atoms with Gasteiger partial charge in [-0.2, -0.15) is 4.98 Å². The fraction of sp³-hybridized carbons (Fsp3) is 0.316. The van der Waals surface area contributed by atoms with Crippen LogP contribution in [0, 0.1) is 5.21 Å². The van der Waals surface area contributed by atoms with E-state index in [1.807, 2.05) is 24.3 Å². The highest BCUT2D eigenvalue weighted by molar-refractivity contribution is 7.91. The van der Waals surface area contributed by atoms with Crippen LogP contribution in [0.5, 0.6) is 5.88 Å². The first-order valence-corrected chi connectivity index (χ1v) is 19.7. The van der Waals surface area contributed by atoms with Crippen LogP contribution in [0.15, 0.2) is 99.6 Å². The van der Waals surface area contributed by atoms with Gasteiger partial charge in [0.25, 0.3) is 15.7 Å². The molecular weight excluding hydrogens is 750 g/mol. The van der Waals surface area contributed by atoms with E-state index < -0.39 is 14.9 Å². The molecule has 0 aliphatic carbocycles. The number of ether oxygens (including phenoxy) is 2. The van der Waals surface area contributed by atoms with Crippen molar-refractivity contribution < 1.29 is 37.0 Å². The summed E-state index contributed by atoms with van der Waals surface area (Å²) in [5.41, 5.74) is 2.50. The van der Waals surface area contributed by atoms with E-state index in [0.29, 0.717) is 41.7 Å². The van der Waals surface area contributed by atoms with E-state index in [1.54, 1.807) is 49.5 Å². The molecule has 0 fully saturated rings. The van der Waals surface area contributed by atoms with Gasteiger partial charge >= 0.3 is 16.9 Å². The number of halogens is 1. The van der Waals surface area contributed by atoms with Crippen molar-refractivity contribution in [2.24, 2.45) is 0 Å². The van der Waals surface area contributed by atoms with Gasteiger partial charge in [0.05, 0.1) is 47.1 Å². The topological polar surface area (TPSA) is 202 Å². The molecule has 0 bridgehead atoms. The quantitative estimate of drug-likeness (QED) is 0.0402. The molecule has 0 aliphatic rings. The van der Waals surface area contributed by atoms with E-state index in [0.717, 1.165) is 50.5 Å². The van der Waals surface area contributed by atoms with Gasteiger partial charge in [-0.3, -0.25) is 14.2 Å². The standard InChI is InChI=1S/C38H42ClN7O8S/c1-40-35(48)30-17-11-12-18-32(30)43-34-31(39)26-41-38(44-34)42-28-21-19-27(20-22-28)25-33(47)52-23-13-6-4-2-3-5-7-14-24-53-36-37(46(49)54-45-36)55(50,51)29-15-9-8-10-16-29/h8-12,15-22,26H,2-7,13-14,23-25H2,1H3,(H,40,48)(H2,41,42,43,44). The van der Waals surface area contributed by atoms with E-state index in [2.05, 4.69) is 35.7 Å². The molecule has 5 rings (SSSR count). The van der Waals surface area contributed by atoms with Crippen LogP contribution >= 0.6 is 11.6 Å². The molecule has 55 heavy (non-hydrogen) atoms. The van der Waals surface area contributed by atoms with Gasteiger partial charge < -0.3 is 30.6 Å². The molecule has 290 valence electrons. The zero-order chi connectivity index (χ0) is 39.0. The molecule has 1 amide bonds. The molecule has 0 aliphatic heterocycles. The first kappa shape index (κ1) is 40.4. The number of rotatable bonds is 21. The van der Waals surface area contributed by atoms with E-state index in [4.69, 9.17) is 21.1 Å². The number of carbonyl (C=O) groups excluding carboxylic acids is 2. The Morgan fingerprint density at radius 2 is 1.51 bits per heavy atom. The molecule has 0 unspecified atom stereocenters. The van der Waals surface area contributed by atoms with Gasteiger partial charge in [-0.15, -0.1) is 0 Å². The first-order valence-electron chi connectivity index (χ1n) is 17.8. The molecule has 17 heteroatoms. The number of nitrogens with one attached hydrogen (secondary N) is 3. The van der Waals surface area contributed by atoms with Gasteiger partial charge in [-0.25, -0.2) is 13.4 Å². The third-order valence-electron chi connectivity index (χ3n) is 8.35. The zero-order valence-corrected chi connectivity index (χ0v) is 31.8. The highest BCUT2D eigenvalue weighted by atomic mass is 35.5. The molecule has 0 saturated heterocycles. The second-order valence-corrected chi connectivity index (χ2v) is 14.7. The second-order valence-electron chi connectivity index (χ2n) is 12.4. The number of anilines is 4. The predicted octanol–water partition coefficient (Wildman–Crippen LogP) is 6.72. The van der Waals surface area contributed by atoms with E-state index in [9.17, 15) is 23.2 Å². The van der Waals surface area contributed by atoms with E-state index in [1.165, 1.54) is 18.3 Å². The van der Waals surface area contributed by atoms with Crippen molar-refractivity contribution in [1.29, 1.82) is 0 Å². The highest BCUT2D eigenvalue weighted by Gasteiger charge is 2.35. The maximum atomic E-state index is 12.8. The largest absolute Gasteiger partial charge is 0.465 e. The van der Waals surface area contributed by atoms with Crippen molar-refractivity contribution in [2.75, 3.05) is 30.9 Å². The van der Waals surface area contributed by atoms with Gasteiger partial charge in [0.1, 0.15) is 5.02 Å². The van der Waals surface area contributed by atoms with Gasteiger partial charge in [0, 0.05) is 12.7 Å². The third kappa shape index (κ3) is 11.6. The zero-order valence-electron chi connectivity index (χ0n) is 30.2. The number of carbonyl (C=O) groups is 2. The highest BCUT2D eigenvalue weighted by Crippen LogP contribution is 2.28. The first-order chi connectivity index (χ1) is 26.7. The maximum absolute atomic E-state index is 12.8. The Balaban J connectivity index is 0.927.